The van der Waals surface area contributed by atoms with Crippen LogP contribution in [0.3, 0.4) is 0 Å². The molecule has 0 radical (unpaired) electrons. The highest BCUT2D eigenvalue weighted by molar-refractivity contribution is 5.34. The first-order valence-corrected chi connectivity index (χ1v) is 5.57. The van der Waals surface area contributed by atoms with Crippen LogP contribution in [0.25, 0.3) is 0 Å². The largest absolute Gasteiger partial charge is 0.235 e. The van der Waals surface area contributed by atoms with Crippen molar-refractivity contribution in [3.05, 3.63) is 0 Å². The van der Waals surface area contributed by atoms with E-state index in [0.29, 0.717) is 23.7 Å². The number of hydrogen-bond acceptors (Lipinski definition) is 2. The van der Waals surface area contributed by atoms with Crippen molar-refractivity contribution in [2.45, 2.75) is 40.7 Å². The second-order valence-electron chi connectivity index (χ2n) is 5.01. The van der Waals surface area contributed by atoms with Crippen LogP contribution in [0.15, 0.2) is 4.99 Å². The Morgan fingerprint density at radius 3 is 1.50 bits per heavy atom. The maximum atomic E-state index is 10.4. The first kappa shape index (κ1) is 11.5. The molecule has 0 aromatic carbocycles. The molecule has 1 fully saturated rings. The van der Waals surface area contributed by atoms with E-state index in [1.807, 2.05) is 0 Å². The highest BCUT2D eigenvalue weighted by Gasteiger charge is 2.41. The molecule has 0 spiro atoms. The van der Waals surface area contributed by atoms with Gasteiger partial charge in [0.1, 0.15) is 0 Å². The van der Waals surface area contributed by atoms with Gasteiger partial charge in [-0.1, -0.05) is 34.6 Å². The lowest BCUT2D eigenvalue weighted by atomic mass is 9.62. The van der Waals surface area contributed by atoms with Gasteiger partial charge in [0, 0.05) is 0 Å². The first-order valence-electron chi connectivity index (χ1n) is 5.57. The van der Waals surface area contributed by atoms with Gasteiger partial charge in [-0.3, -0.25) is 0 Å². The lowest BCUT2D eigenvalue weighted by molar-refractivity contribution is 0.0634. The third-order valence-corrected chi connectivity index (χ3v) is 4.60. The average Bonchev–Trinajstić information content (AvgIpc) is 2.19. The van der Waals surface area contributed by atoms with Gasteiger partial charge in [0.2, 0.25) is 6.08 Å². The molecule has 14 heavy (non-hydrogen) atoms. The molecular formula is C12H21NO. The van der Waals surface area contributed by atoms with Crippen LogP contribution in [0.2, 0.25) is 0 Å². The highest BCUT2D eigenvalue weighted by atomic mass is 16.1. The summed E-state index contributed by atoms with van der Waals surface area (Å²) in [4.78, 5) is 14.3. The Bertz CT molecular complexity index is 229. The fraction of sp³-hybridized carbons (Fsp3) is 0.917. The van der Waals surface area contributed by atoms with Gasteiger partial charge in [-0.2, -0.15) is 0 Å². The molecule has 4 atom stereocenters. The van der Waals surface area contributed by atoms with Crippen molar-refractivity contribution in [1.82, 2.24) is 0 Å². The number of rotatable bonds is 1. The molecule has 2 heteroatoms. The quantitative estimate of drug-likeness (QED) is 0.467. The summed E-state index contributed by atoms with van der Waals surface area (Å²) in [6.07, 6.45) is 1.73. The average molecular weight is 195 g/mol. The van der Waals surface area contributed by atoms with Crippen LogP contribution >= 0.6 is 0 Å². The Hall–Kier alpha value is -0.620. The zero-order valence-electron chi connectivity index (χ0n) is 9.82. The second-order valence-corrected chi connectivity index (χ2v) is 5.01. The van der Waals surface area contributed by atoms with Crippen LogP contribution in [0, 0.1) is 29.6 Å². The molecule has 80 valence electrons. The van der Waals surface area contributed by atoms with Gasteiger partial charge in [-0.25, -0.2) is 9.79 Å². The molecule has 0 saturated heterocycles. The summed E-state index contributed by atoms with van der Waals surface area (Å²) in [7, 11) is 0. The van der Waals surface area contributed by atoms with Crippen molar-refractivity contribution in [3.63, 3.8) is 0 Å². The molecule has 0 N–H and O–H groups in total. The molecule has 1 aliphatic rings. The summed E-state index contributed by atoms with van der Waals surface area (Å²) in [5.41, 5.74) is 0. The van der Waals surface area contributed by atoms with Crippen molar-refractivity contribution in [2.24, 2.45) is 34.6 Å². The number of nitrogens with zero attached hydrogens (tertiary/aromatic N) is 1. The minimum atomic E-state index is 0.175. The van der Waals surface area contributed by atoms with Crippen molar-refractivity contribution >= 4 is 6.08 Å². The van der Waals surface area contributed by atoms with E-state index >= 15 is 0 Å². The molecule has 0 amide bonds. The molecule has 1 saturated carbocycles. The van der Waals surface area contributed by atoms with E-state index in [0.717, 1.165) is 5.92 Å². The fourth-order valence-electron chi connectivity index (χ4n) is 2.83. The van der Waals surface area contributed by atoms with E-state index in [9.17, 15) is 4.79 Å². The Morgan fingerprint density at radius 1 is 0.786 bits per heavy atom. The standard InChI is InChI=1S/C12H21NO/c1-7-8(2)10(4)12(13-6-14)11(5)9(7)3/h7-12H,1-5H3. The Labute approximate surface area is 86.8 Å². The summed E-state index contributed by atoms with van der Waals surface area (Å²) >= 11 is 0. The zero-order chi connectivity index (χ0) is 10.9. The normalized spacial score (nSPS) is 48.4. The Kier molecular flexibility index (Phi) is 3.49. The van der Waals surface area contributed by atoms with Crippen LogP contribution in [0.4, 0.5) is 0 Å². The molecule has 0 aromatic heterocycles. The summed E-state index contributed by atoms with van der Waals surface area (Å²) in [6.45, 7) is 11.3. The maximum Gasteiger partial charge on any atom is 0.235 e. The number of aliphatic imine (C=N–C) groups is 1. The van der Waals surface area contributed by atoms with Gasteiger partial charge < -0.3 is 0 Å². The molecule has 0 bridgehead atoms. The van der Waals surface area contributed by atoms with Gasteiger partial charge in [0.15, 0.2) is 0 Å². The molecule has 0 heterocycles. The summed E-state index contributed by atoms with van der Waals surface area (Å²) in [5.74, 6) is 3.00. The maximum absolute atomic E-state index is 10.4. The van der Waals surface area contributed by atoms with Crippen LogP contribution in [-0.4, -0.2) is 12.1 Å². The van der Waals surface area contributed by atoms with Gasteiger partial charge in [-0.15, -0.1) is 0 Å². The van der Waals surface area contributed by atoms with E-state index in [1.165, 1.54) is 0 Å². The second kappa shape index (κ2) is 4.27. The molecular weight excluding hydrogens is 174 g/mol. The van der Waals surface area contributed by atoms with E-state index < -0.39 is 0 Å². The van der Waals surface area contributed by atoms with Gasteiger partial charge in [0.25, 0.3) is 0 Å². The van der Waals surface area contributed by atoms with E-state index in [1.54, 1.807) is 6.08 Å². The molecule has 2 nitrogen and oxygen atoms in total. The summed E-state index contributed by atoms with van der Waals surface area (Å²) < 4.78 is 0. The smallest absolute Gasteiger partial charge is 0.211 e. The van der Waals surface area contributed by atoms with Gasteiger partial charge >= 0.3 is 0 Å². The van der Waals surface area contributed by atoms with E-state index in [2.05, 4.69) is 39.6 Å². The van der Waals surface area contributed by atoms with Crippen molar-refractivity contribution < 1.29 is 4.79 Å². The minimum absolute atomic E-state index is 0.175. The van der Waals surface area contributed by atoms with Crippen LogP contribution in [0.5, 0.6) is 0 Å². The van der Waals surface area contributed by atoms with Crippen molar-refractivity contribution in [3.8, 4) is 0 Å². The lowest BCUT2D eigenvalue weighted by Gasteiger charge is -2.44. The molecule has 1 rings (SSSR count). The summed E-state index contributed by atoms with van der Waals surface area (Å²) in [6, 6.07) is 0.175. The van der Waals surface area contributed by atoms with Gasteiger partial charge in [-0.05, 0) is 29.6 Å². The number of hydrogen-bond donors (Lipinski definition) is 0. The van der Waals surface area contributed by atoms with Crippen LogP contribution in [-0.2, 0) is 4.79 Å². The molecule has 4 unspecified atom stereocenters. The van der Waals surface area contributed by atoms with E-state index in [-0.39, 0.29) is 6.04 Å². The number of isocyanates is 1. The highest BCUT2D eigenvalue weighted by Crippen LogP contribution is 2.42. The summed E-state index contributed by atoms with van der Waals surface area (Å²) in [5, 5.41) is 0. The predicted molar refractivity (Wildman–Crippen MR) is 57.7 cm³/mol. The predicted octanol–water partition coefficient (Wildman–Crippen LogP) is 2.88. The zero-order valence-corrected chi connectivity index (χ0v) is 9.82. The molecule has 1 aliphatic carbocycles. The van der Waals surface area contributed by atoms with Crippen LogP contribution in [0.1, 0.15) is 34.6 Å². The van der Waals surface area contributed by atoms with Gasteiger partial charge in [0.05, 0.1) is 6.04 Å². The first-order chi connectivity index (χ1) is 6.50. The SMILES string of the molecule is CC1C(C)C(C)C(N=C=O)C(C)C1C. The molecule has 0 aromatic rings. The third-order valence-electron chi connectivity index (χ3n) is 4.60. The lowest BCUT2D eigenvalue weighted by Crippen LogP contribution is -2.43. The Balaban J connectivity index is 2.91. The van der Waals surface area contributed by atoms with Crippen LogP contribution < -0.4 is 0 Å². The fourth-order valence-corrected chi connectivity index (χ4v) is 2.83. The topological polar surface area (TPSA) is 29.4 Å². The minimum Gasteiger partial charge on any atom is -0.211 e. The number of carbonyl (C=O) groups excluding carboxylic acids is 1. The Morgan fingerprint density at radius 2 is 1.14 bits per heavy atom. The monoisotopic (exact) mass is 195 g/mol. The molecule has 0 aliphatic heterocycles. The third kappa shape index (κ3) is 1.76. The van der Waals surface area contributed by atoms with Crippen molar-refractivity contribution in [2.75, 3.05) is 0 Å². The van der Waals surface area contributed by atoms with E-state index in [4.69, 9.17) is 0 Å². The van der Waals surface area contributed by atoms with Crippen molar-refractivity contribution in [1.29, 1.82) is 0 Å².